The second kappa shape index (κ2) is 8.32. The van der Waals surface area contributed by atoms with E-state index in [2.05, 4.69) is 31.0 Å². The first kappa shape index (κ1) is 16.2. The van der Waals surface area contributed by atoms with E-state index in [-0.39, 0.29) is 0 Å². The van der Waals surface area contributed by atoms with Gasteiger partial charge in [-0.05, 0) is 57.2 Å². The monoisotopic (exact) mass is 290 g/mol. The van der Waals surface area contributed by atoms with E-state index in [9.17, 15) is 0 Å². The average molecular weight is 290 g/mol. The number of hydrogen-bond donors (Lipinski definition) is 1. The molecule has 0 aliphatic carbocycles. The van der Waals surface area contributed by atoms with Crippen molar-refractivity contribution in [3.8, 4) is 0 Å². The number of hydrogen-bond acceptors (Lipinski definition) is 4. The van der Waals surface area contributed by atoms with Gasteiger partial charge in [-0.15, -0.1) is 0 Å². The zero-order valence-corrected chi connectivity index (χ0v) is 13.9. The third-order valence-electron chi connectivity index (χ3n) is 4.20. The minimum absolute atomic E-state index is 0.964. The zero-order valence-electron chi connectivity index (χ0n) is 13.9. The number of anilines is 1. The number of aromatic nitrogens is 2. The van der Waals surface area contributed by atoms with Gasteiger partial charge >= 0.3 is 0 Å². The van der Waals surface area contributed by atoms with Crippen LogP contribution in [0.5, 0.6) is 0 Å². The van der Waals surface area contributed by atoms with Crippen LogP contribution < -0.4 is 10.2 Å². The molecule has 1 N–H and O–H groups in total. The Hall–Kier alpha value is -1.16. The maximum atomic E-state index is 4.87. The quantitative estimate of drug-likeness (QED) is 0.748. The van der Waals surface area contributed by atoms with Crippen LogP contribution in [0.15, 0.2) is 0 Å². The number of nitrogens with one attached hydrogen (secondary N) is 1. The van der Waals surface area contributed by atoms with Crippen LogP contribution >= 0.6 is 0 Å². The Morgan fingerprint density at radius 1 is 0.952 bits per heavy atom. The van der Waals surface area contributed by atoms with E-state index in [1.807, 2.05) is 0 Å². The van der Waals surface area contributed by atoms with E-state index < -0.39 is 0 Å². The van der Waals surface area contributed by atoms with Gasteiger partial charge in [-0.25, -0.2) is 9.97 Å². The fraction of sp³-hybridized carbons (Fsp3) is 0.765. The van der Waals surface area contributed by atoms with Crippen molar-refractivity contribution < 1.29 is 0 Å². The third-order valence-corrected chi connectivity index (χ3v) is 4.20. The summed E-state index contributed by atoms with van der Waals surface area (Å²) in [5.41, 5.74) is 3.88. The van der Waals surface area contributed by atoms with Gasteiger partial charge in [0, 0.05) is 24.5 Å². The van der Waals surface area contributed by atoms with Crippen LogP contribution in [0.3, 0.4) is 0 Å². The topological polar surface area (TPSA) is 41.1 Å². The predicted molar refractivity (Wildman–Crippen MR) is 89.1 cm³/mol. The van der Waals surface area contributed by atoms with Crippen molar-refractivity contribution >= 4 is 5.95 Å². The molecule has 0 atom stereocenters. The van der Waals surface area contributed by atoms with Crippen LogP contribution in [-0.4, -0.2) is 36.1 Å². The van der Waals surface area contributed by atoms with E-state index in [1.165, 1.54) is 36.2 Å². The minimum Gasteiger partial charge on any atom is -0.341 e. The van der Waals surface area contributed by atoms with Gasteiger partial charge in [0.25, 0.3) is 0 Å². The van der Waals surface area contributed by atoms with Crippen molar-refractivity contribution in [1.29, 1.82) is 0 Å². The molecule has 1 aliphatic heterocycles. The summed E-state index contributed by atoms with van der Waals surface area (Å²) in [6, 6.07) is 0. The van der Waals surface area contributed by atoms with Crippen molar-refractivity contribution in [3.05, 3.63) is 17.0 Å². The summed E-state index contributed by atoms with van der Waals surface area (Å²) in [5.74, 6) is 0.964. The third kappa shape index (κ3) is 4.16. The Kier molecular flexibility index (Phi) is 6.43. The van der Waals surface area contributed by atoms with Gasteiger partial charge < -0.3 is 10.2 Å². The van der Waals surface area contributed by atoms with Crippen LogP contribution in [0.4, 0.5) is 5.95 Å². The Balaban J connectivity index is 2.17. The van der Waals surface area contributed by atoms with Gasteiger partial charge in [0.2, 0.25) is 5.95 Å². The molecular formula is C17H30N4. The molecule has 1 aliphatic rings. The van der Waals surface area contributed by atoms with Gasteiger partial charge in [0.05, 0.1) is 0 Å². The molecule has 4 heteroatoms. The summed E-state index contributed by atoms with van der Waals surface area (Å²) < 4.78 is 0. The summed E-state index contributed by atoms with van der Waals surface area (Å²) in [6.07, 6.45) is 6.78. The molecule has 0 bridgehead atoms. The highest BCUT2D eigenvalue weighted by molar-refractivity contribution is 5.38. The fourth-order valence-electron chi connectivity index (χ4n) is 3.02. The van der Waals surface area contributed by atoms with Crippen LogP contribution in [-0.2, 0) is 19.3 Å². The molecule has 118 valence electrons. The van der Waals surface area contributed by atoms with E-state index in [0.29, 0.717) is 0 Å². The molecule has 2 heterocycles. The summed E-state index contributed by atoms with van der Waals surface area (Å²) in [4.78, 5) is 12.1. The molecule has 1 fully saturated rings. The lowest BCUT2D eigenvalue weighted by Crippen LogP contribution is -2.24. The van der Waals surface area contributed by atoms with Crippen LogP contribution in [0.2, 0.25) is 0 Å². The van der Waals surface area contributed by atoms with Gasteiger partial charge in [-0.3, -0.25) is 0 Å². The fourth-order valence-corrected chi connectivity index (χ4v) is 3.02. The lowest BCUT2D eigenvalue weighted by Gasteiger charge is -2.20. The summed E-state index contributed by atoms with van der Waals surface area (Å²) in [6.45, 7) is 11.0. The highest BCUT2D eigenvalue weighted by Gasteiger charge is 2.18. The minimum atomic E-state index is 0.964. The standard InChI is InChI=1S/C17H30N4/c1-4-10-18-11-9-14-15(5-2)19-17(20-16(14)6-3)21-12-7-8-13-21/h18H,4-13H2,1-3H3. The Bertz CT molecular complexity index is 413. The highest BCUT2D eigenvalue weighted by Crippen LogP contribution is 2.21. The summed E-state index contributed by atoms with van der Waals surface area (Å²) >= 11 is 0. The SMILES string of the molecule is CCCNCCc1c(CC)nc(N2CCCC2)nc1CC. The van der Waals surface area contributed by atoms with Crippen LogP contribution in [0, 0.1) is 0 Å². The molecule has 21 heavy (non-hydrogen) atoms. The second-order valence-electron chi connectivity index (χ2n) is 5.80. The molecule has 2 rings (SSSR count). The Morgan fingerprint density at radius 3 is 2.10 bits per heavy atom. The molecule has 0 saturated carbocycles. The van der Waals surface area contributed by atoms with Crippen molar-refractivity contribution in [2.24, 2.45) is 0 Å². The van der Waals surface area contributed by atoms with E-state index >= 15 is 0 Å². The molecule has 1 aromatic heterocycles. The smallest absolute Gasteiger partial charge is 0.225 e. The molecule has 4 nitrogen and oxygen atoms in total. The molecule has 0 amide bonds. The molecule has 0 unspecified atom stereocenters. The maximum Gasteiger partial charge on any atom is 0.225 e. The molecule has 1 saturated heterocycles. The van der Waals surface area contributed by atoms with Gasteiger partial charge in [-0.1, -0.05) is 20.8 Å². The number of nitrogens with zero attached hydrogens (tertiary/aromatic N) is 3. The first-order chi connectivity index (χ1) is 10.3. The van der Waals surface area contributed by atoms with Crippen molar-refractivity contribution in [2.45, 2.75) is 59.3 Å². The van der Waals surface area contributed by atoms with Crippen LogP contribution in [0.25, 0.3) is 0 Å². The van der Waals surface area contributed by atoms with Gasteiger partial charge in [0.1, 0.15) is 0 Å². The number of rotatable bonds is 8. The molecular weight excluding hydrogens is 260 g/mol. The van der Waals surface area contributed by atoms with E-state index in [1.54, 1.807) is 0 Å². The predicted octanol–water partition coefficient (Wildman–Crippen LogP) is 2.74. The molecule has 0 radical (unpaired) electrons. The second-order valence-corrected chi connectivity index (χ2v) is 5.80. The van der Waals surface area contributed by atoms with E-state index in [0.717, 1.165) is 51.4 Å². The average Bonchev–Trinajstić information content (AvgIpc) is 3.05. The zero-order chi connectivity index (χ0) is 15.1. The van der Waals surface area contributed by atoms with Gasteiger partial charge in [0.15, 0.2) is 0 Å². The molecule has 0 spiro atoms. The first-order valence-corrected chi connectivity index (χ1v) is 8.64. The molecule has 1 aromatic rings. The lowest BCUT2D eigenvalue weighted by atomic mass is 10.0. The van der Waals surface area contributed by atoms with Crippen LogP contribution in [0.1, 0.15) is 57.0 Å². The molecule has 0 aromatic carbocycles. The summed E-state index contributed by atoms with van der Waals surface area (Å²) in [5, 5.41) is 3.49. The van der Waals surface area contributed by atoms with Crippen molar-refractivity contribution in [2.75, 3.05) is 31.1 Å². The Morgan fingerprint density at radius 2 is 1.57 bits per heavy atom. The lowest BCUT2D eigenvalue weighted by molar-refractivity contribution is 0.662. The Labute approximate surface area is 129 Å². The van der Waals surface area contributed by atoms with E-state index in [4.69, 9.17) is 9.97 Å². The largest absolute Gasteiger partial charge is 0.341 e. The van der Waals surface area contributed by atoms with Gasteiger partial charge in [-0.2, -0.15) is 0 Å². The van der Waals surface area contributed by atoms with Crippen molar-refractivity contribution in [1.82, 2.24) is 15.3 Å². The highest BCUT2D eigenvalue weighted by atomic mass is 15.3. The number of aryl methyl sites for hydroxylation is 2. The summed E-state index contributed by atoms with van der Waals surface area (Å²) in [7, 11) is 0. The normalized spacial score (nSPS) is 14.9. The first-order valence-electron chi connectivity index (χ1n) is 8.64. The maximum absolute atomic E-state index is 4.87. The van der Waals surface area contributed by atoms with Crippen molar-refractivity contribution in [3.63, 3.8) is 0 Å².